The maximum atomic E-state index is 14.1. The molecule has 178 valence electrons. The van der Waals surface area contributed by atoms with Crippen molar-refractivity contribution in [2.75, 3.05) is 37.9 Å². The lowest BCUT2D eigenvalue weighted by Crippen LogP contribution is -2.14. The second kappa shape index (κ2) is 9.53. The number of anilines is 2. The van der Waals surface area contributed by atoms with Crippen molar-refractivity contribution in [2.24, 2.45) is 0 Å². The molecule has 2 aromatic carbocycles. The van der Waals surface area contributed by atoms with Crippen LogP contribution in [0.4, 0.5) is 15.9 Å². The molecule has 0 saturated heterocycles. The van der Waals surface area contributed by atoms with E-state index in [9.17, 15) is 12.8 Å². The average molecular weight is 488 g/mol. The van der Waals surface area contributed by atoms with Gasteiger partial charge in [0, 0.05) is 30.5 Å². The highest BCUT2D eigenvalue weighted by molar-refractivity contribution is 7.92. The van der Waals surface area contributed by atoms with Crippen LogP contribution in [0.2, 0.25) is 0 Å². The monoisotopic (exact) mass is 487 g/mol. The van der Waals surface area contributed by atoms with Crippen LogP contribution < -0.4 is 19.9 Å². The predicted octanol–water partition coefficient (Wildman–Crippen LogP) is 3.18. The number of aromatic amines is 1. The predicted molar refractivity (Wildman–Crippen MR) is 125 cm³/mol. The number of halogens is 1. The van der Waals surface area contributed by atoms with E-state index in [1.165, 1.54) is 13.2 Å². The van der Waals surface area contributed by atoms with Gasteiger partial charge in [0.1, 0.15) is 40.0 Å². The van der Waals surface area contributed by atoms with Gasteiger partial charge in [-0.3, -0.25) is 9.82 Å². The van der Waals surface area contributed by atoms with Gasteiger partial charge in [-0.05, 0) is 24.3 Å². The Kier molecular flexibility index (Phi) is 6.52. The van der Waals surface area contributed by atoms with E-state index < -0.39 is 20.7 Å². The van der Waals surface area contributed by atoms with E-state index in [4.69, 9.17) is 19.9 Å². The Balaban J connectivity index is 1.61. The van der Waals surface area contributed by atoms with Gasteiger partial charge in [-0.1, -0.05) is 12.1 Å². The second-order valence-corrected chi connectivity index (χ2v) is 8.81. The highest BCUT2D eigenvalue weighted by atomic mass is 32.2. The summed E-state index contributed by atoms with van der Waals surface area (Å²) in [5, 5.41) is 7.35. The SMILES string of the molecule is COCCOc1cc(-c2ccc(NS(=O)(=O)c3cc(OC)ccc3F)cc2)nc2n[nH]c(N)c12. The molecule has 0 aliphatic heterocycles. The molecule has 0 aliphatic rings. The van der Waals surface area contributed by atoms with E-state index in [2.05, 4.69) is 19.9 Å². The number of aromatic nitrogens is 3. The third-order valence-corrected chi connectivity index (χ3v) is 6.32. The Labute approximate surface area is 194 Å². The van der Waals surface area contributed by atoms with Gasteiger partial charge in [0.15, 0.2) is 5.65 Å². The lowest BCUT2D eigenvalue weighted by atomic mass is 10.1. The number of hydrogen-bond donors (Lipinski definition) is 3. The van der Waals surface area contributed by atoms with Crippen molar-refractivity contribution in [3.8, 4) is 22.8 Å². The first-order valence-corrected chi connectivity index (χ1v) is 11.5. The Morgan fingerprint density at radius 1 is 1.09 bits per heavy atom. The Morgan fingerprint density at radius 2 is 1.85 bits per heavy atom. The Morgan fingerprint density at radius 3 is 2.56 bits per heavy atom. The summed E-state index contributed by atoms with van der Waals surface area (Å²) in [4.78, 5) is 3.99. The van der Waals surface area contributed by atoms with Gasteiger partial charge in [0.2, 0.25) is 0 Å². The Bertz CT molecular complexity index is 1420. The quantitative estimate of drug-likeness (QED) is 0.306. The first-order valence-electron chi connectivity index (χ1n) is 10.1. The highest BCUT2D eigenvalue weighted by Gasteiger charge is 2.20. The average Bonchev–Trinajstić information content (AvgIpc) is 3.20. The van der Waals surface area contributed by atoms with Gasteiger partial charge in [-0.15, -0.1) is 0 Å². The number of ether oxygens (including phenoxy) is 3. The minimum atomic E-state index is -4.18. The zero-order chi connectivity index (χ0) is 24.3. The zero-order valence-corrected chi connectivity index (χ0v) is 19.1. The molecule has 0 fully saturated rings. The van der Waals surface area contributed by atoms with E-state index >= 15 is 0 Å². The number of sulfonamides is 1. The molecule has 0 saturated carbocycles. The molecule has 0 radical (unpaired) electrons. The van der Waals surface area contributed by atoms with Crippen LogP contribution in [0.5, 0.6) is 11.5 Å². The smallest absolute Gasteiger partial charge is 0.264 e. The van der Waals surface area contributed by atoms with Gasteiger partial charge in [-0.2, -0.15) is 5.10 Å². The van der Waals surface area contributed by atoms with E-state index in [0.717, 1.165) is 12.1 Å². The number of nitrogens with zero attached hydrogens (tertiary/aromatic N) is 2. The Hall–Kier alpha value is -3.90. The van der Waals surface area contributed by atoms with E-state index in [1.807, 2.05) is 0 Å². The van der Waals surface area contributed by atoms with Crippen molar-refractivity contribution in [3.05, 3.63) is 54.3 Å². The summed E-state index contributed by atoms with van der Waals surface area (Å²) in [6, 6.07) is 11.6. The fourth-order valence-corrected chi connectivity index (χ4v) is 4.40. The number of rotatable bonds is 9. The number of fused-ring (bicyclic) bond motifs is 1. The summed E-state index contributed by atoms with van der Waals surface area (Å²) in [6.07, 6.45) is 0. The number of nitrogen functional groups attached to an aromatic ring is 1. The fraction of sp³-hybridized carbons (Fsp3) is 0.182. The minimum absolute atomic E-state index is 0.223. The minimum Gasteiger partial charge on any atom is -0.497 e. The topological polar surface area (TPSA) is 141 Å². The van der Waals surface area contributed by atoms with Crippen LogP contribution in [0.15, 0.2) is 53.4 Å². The molecule has 0 aliphatic carbocycles. The van der Waals surface area contributed by atoms with Gasteiger partial charge in [-0.25, -0.2) is 17.8 Å². The molecule has 12 heteroatoms. The summed E-state index contributed by atoms with van der Waals surface area (Å²) in [5.74, 6) is 0.153. The molecular formula is C22H22FN5O5S. The van der Waals surface area contributed by atoms with Crippen molar-refractivity contribution >= 4 is 32.6 Å². The molecule has 0 spiro atoms. The molecule has 4 N–H and O–H groups in total. The first-order chi connectivity index (χ1) is 16.3. The number of methoxy groups -OCH3 is 2. The van der Waals surface area contributed by atoms with E-state index in [0.29, 0.717) is 47.1 Å². The van der Waals surface area contributed by atoms with Gasteiger partial charge < -0.3 is 19.9 Å². The van der Waals surface area contributed by atoms with Gasteiger partial charge >= 0.3 is 0 Å². The van der Waals surface area contributed by atoms with E-state index in [1.54, 1.807) is 37.4 Å². The third-order valence-electron chi connectivity index (χ3n) is 4.92. The van der Waals surface area contributed by atoms with Crippen LogP contribution >= 0.6 is 0 Å². The number of nitrogens with one attached hydrogen (secondary N) is 2. The van der Waals surface area contributed by atoms with Crippen LogP contribution in [0.1, 0.15) is 0 Å². The first kappa shape index (κ1) is 23.3. The fourth-order valence-electron chi connectivity index (χ4n) is 3.24. The summed E-state index contributed by atoms with van der Waals surface area (Å²) in [5.41, 5.74) is 7.79. The molecule has 2 aromatic heterocycles. The van der Waals surface area contributed by atoms with Gasteiger partial charge in [0.05, 0.1) is 19.4 Å². The van der Waals surface area contributed by atoms with Crippen molar-refractivity contribution in [3.63, 3.8) is 0 Å². The lowest BCUT2D eigenvalue weighted by Gasteiger charge is -2.11. The number of H-pyrrole nitrogens is 1. The number of hydrogen-bond acceptors (Lipinski definition) is 8. The standard InChI is InChI=1S/C22H22FN5O5S/c1-31-9-10-33-18-12-17(25-22-20(18)21(24)26-27-22)13-3-5-14(6-4-13)28-34(29,30)19-11-15(32-2)7-8-16(19)23/h3-8,11-12,28H,9-10H2,1-2H3,(H3,24,25,26,27). The van der Waals surface area contributed by atoms with Crippen LogP contribution in [0.25, 0.3) is 22.3 Å². The largest absolute Gasteiger partial charge is 0.497 e. The zero-order valence-electron chi connectivity index (χ0n) is 18.3. The second-order valence-electron chi connectivity index (χ2n) is 7.16. The van der Waals surface area contributed by atoms with Crippen LogP contribution in [0.3, 0.4) is 0 Å². The molecule has 2 heterocycles. The third kappa shape index (κ3) is 4.72. The molecule has 4 aromatic rings. The van der Waals surface area contributed by atoms with Crippen LogP contribution in [0, 0.1) is 5.82 Å². The van der Waals surface area contributed by atoms with Crippen molar-refractivity contribution in [1.82, 2.24) is 15.2 Å². The molecule has 0 amide bonds. The van der Waals surface area contributed by atoms with Crippen molar-refractivity contribution in [2.45, 2.75) is 4.90 Å². The van der Waals surface area contributed by atoms with Crippen molar-refractivity contribution in [1.29, 1.82) is 0 Å². The summed E-state index contributed by atoms with van der Waals surface area (Å²) >= 11 is 0. The van der Waals surface area contributed by atoms with E-state index in [-0.39, 0.29) is 11.4 Å². The number of benzene rings is 2. The maximum Gasteiger partial charge on any atom is 0.264 e. The summed E-state index contributed by atoms with van der Waals surface area (Å²) < 4.78 is 57.7. The molecular weight excluding hydrogens is 465 g/mol. The summed E-state index contributed by atoms with van der Waals surface area (Å²) in [6.45, 7) is 0.695. The van der Waals surface area contributed by atoms with Crippen LogP contribution in [-0.4, -0.2) is 51.0 Å². The highest BCUT2D eigenvalue weighted by Crippen LogP contribution is 2.33. The molecule has 0 unspecified atom stereocenters. The molecule has 0 bridgehead atoms. The summed E-state index contributed by atoms with van der Waals surface area (Å²) in [7, 11) is -1.24. The molecule has 10 nitrogen and oxygen atoms in total. The van der Waals surface area contributed by atoms with Crippen molar-refractivity contribution < 1.29 is 27.0 Å². The maximum absolute atomic E-state index is 14.1. The van der Waals surface area contributed by atoms with Crippen LogP contribution in [-0.2, 0) is 14.8 Å². The number of nitrogens with two attached hydrogens (primary N) is 1. The molecule has 0 atom stereocenters. The molecule has 34 heavy (non-hydrogen) atoms. The molecule has 4 rings (SSSR count). The van der Waals surface area contributed by atoms with Gasteiger partial charge in [0.25, 0.3) is 10.0 Å². The number of pyridine rings is 1. The lowest BCUT2D eigenvalue weighted by molar-refractivity contribution is 0.147. The normalized spacial score (nSPS) is 11.5.